The van der Waals surface area contributed by atoms with E-state index in [-0.39, 0.29) is 5.52 Å². The Morgan fingerprint density at radius 3 is 3.00 bits per heavy atom. The standard InChI is InChI=1S/C8H12N3O2P/c1-11(5-12)7(8(13)14)2-6-3-9-4-10-6/h3-5,7H,2,14H2,1H3,(H,9,10)/t7-/m0/s1. The summed E-state index contributed by atoms with van der Waals surface area (Å²) in [5.41, 5.74) is 0.716. The molecule has 76 valence electrons. The molecular formula is C8H12N3O2P. The van der Waals surface area contributed by atoms with Crippen molar-refractivity contribution in [3.05, 3.63) is 18.2 Å². The first-order valence-corrected chi connectivity index (χ1v) is 4.66. The van der Waals surface area contributed by atoms with Crippen molar-refractivity contribution in [1.82, 2.24) is 14.9 Å². The Morgan fingerprint density at radius 1 is 1.86 bits per heavy atom. The van der Waals surface area contributed by atoms with Crippen molar-refractivity contribution in [3.63, 3.8) is 0 Å². The lowest BCUT2D eigenvalue weighted by atomic mass is 10.2. The molecule has 0 aliphatic heterocycles. The first-order valence-electron chi connectivity index (χ1n) is 4.09. The fourth-order valence-electron chi connectivity index (χ4n) is 1.12. The largest absolute Gasteiger partial charge is 0.348 e. The van der Waals surface area contributed by atoms with Crippen LogP contribution in [-0.2, 0) is 16.0 Å². The average Bonchev–Trinajstić information content (AvgIpc) is 2.65. The van der Waals surface area contributed by atoms with E-state index in [1.807, 2.05) is 0 Å². The molecule has 0 bridgehead atoms. The van der Waals surface area contributed by atoms with E-state index in [1.165, 1.54) is 4.90 Å². The van der Waals surface area contributed by atoms with Crippen LogP contribution in [0.15, 0.2) is 12.5 Å². The van der Waals surface area contributed by atoms with E-state index < -0.39 is 6.04 Å². The van der Waals surface area contributed by atoms with Crippen LogP contribution in [0, 0.1) is 0 Å². The Labute approximate surface area is 84.1 Å². The van der Waals surface area contributed by atoms with E-state index in [1.54, 1.807) is 19.6 Å². The lowest BCUT2D eigenvalue weighted by molar-refractivity contribution is -0.125. The van der Waals surface area contributed by atoms with E-state index in [4.69, 9.17) is 0 Å². The predicted molar refractivity (Wildman–Crippen MR) is 54.6 cm³/mol. The number of rotatable bonds is 5. The summed E-state index contributed by atoms with van der Waals surface area (Å²) in [6, 6.07) is -0.446. The Bertz CT molecular complexity index is 312. The number of hydrogen-bond acceptors (Lipinski definition) is 3. The zero-order valence-corrected chi connectivity index (χ0v) is 8.96. The molecule has 0 fully saturated rings. The number of nitrogens with one attached hydrogen (secondary N) is 1. The molecule has 1 unspecified atom stereocenters. The zero-order valence-electron chi connectivity index (χ0n) is 7.80. The lowest BCUT2D eigenvalue weighted by Crippen LogP contribution is -2.37. The maximum Gasteiger partial charge on any atom is 0.210 e. The van der Waals surface area contributed by atoms with Gasteiger partial charge in [-0.2, -0.15) is 0 Å². The van der Waals surface area contributed by atoms with E-state index in [0.717, 1.165) is 5.69 Å². The normalized spacial score (nSPS) is 12.1. The summed E-state index contributed by atoms with van der Waals surface area (Å²) < 4.78 is 0. The summed E-state index contributed by atoms with van der Waals surface area (Å²) in [6.07, 6.45) is 4.28. The first-order chi connectivity index (χ1) is 6.65. The van der Waals surface area contributed by atoms with E-state index >= 15 is 0 Å². The minimum Gasteiger partial charge on any atom is -0.348 e. The SMILES string of the molecule is CN(C=O)[C@@H](Cc1cnc[nH]1)C(=O)P. The minimum absolute atomic E-state index is 0.116. The van der Waals surface area contributed by atoms with Gasteiger partial charge in [-0.1, -0.05) is 9.24 Å². The summed E-state index contributed by atoms with van der Waals surface area (Å²) >= 11 is 0. The quantitative estimate of drug-likeness (QED) is 0.544. The fourth-order valence-corrected chi connectivity index (χ4v) is 1.48. The van der Waals surface area contributed by atoms with Gasteiger partial charge in [0.05, 0.1) is 12.4 Å². The molecule has 0 aliphatic carbocycles. The van der Waals surface area contributed by atoms with Gasteiger partial charge in [-0.15, -0.1) is 0 Å². The molecule has 14 heavy (non-hydrogen) atoms. The molecular weight excluding hydrogens is 201 g/mol. The van der Waals surface area contributed by atoms with Gasteiger partial charge in [-0.3, -0.25) is 9.59 Å². The van der Waals surface area contributed by atoms with Crippen LogP contribution in [0.2, 0.25) is 0 Å². The van der Waals surface area contributed by atoms with Gasteiger partial charge in [0.15, 0.2) is 5.52 Å². The van der Waals surface area contributed by atoms with Crippen LogP contribution in [-0.4, -0.2) is 39.9 Å². The molecule has 0 saturated heterocycles. The maximum atomic E-state index is 11.2. The Hall–Kier alpha value is -1.22. The molecule has 1 N–H and O–H groups in total. The molecule has 1 amide bonds. The van der Waals surface area contributed by atoms with E-state index in [0.29, 0.717) is 12.8 Å². The third kappa shape index (κ3) is 2.64. The Morgan fingerprint density at radius 2 is 2.57 bits per heavy atom. The summed E-state index contributed by atoms with van der Waals surface area (Å²) in [5.74, 6) is 0. The highest BCUT2D eigenvalue weighted by Crippen LogP contribution is 2.08. The minimum atomic E-state index is -0.446. The van der Waals surface area contributed by atoms with Crippen molar-refractivity contribution in [2.24, 2.45) is 0 Å². The third-order valence-electron chi connectivity index (χ3n) is 1.95. The molecule has 2 atom stereocenters. The highest BCUT2D eigenvalue weighted by Gasteiger charge is 2.19. The van der Waals surface area contributed by atoms with Gasteiger partial charge in [-0.05, 0) is 0 Å². The Balaban J connectivity index is 2.70. The topological polar surface area (TPSA) is 66.1 Å². The third-order valence-corrected chi connectivity index (χ3v) is 2.34. The molecule has 0 spiro atoms. The van der Waals surface area contributed by atoms with Gasteiger partial charge >= 0.3 is 0 Å². The summed E-state index contributed by atoms with van der Waals surface area (Å²) in [4.78, 5) is 29.8. The second kappa shape index (κ2) is 4.86. The van der Waals surface area contributed by atoms with Crippen molar-refractivity contribution in [1.29, 1.82) is 0 Å². The second-order valence-electron chi connectivity index (χ2n) is 2.97. The number of likely N-dealkylation sites (N-methyl/N-ethyl adjacent to an activating group) is 1. The van der Waals surface area contributed by atoms with Crippen molar-refractivity contribution in [3.8, 4) is 0 Å². The summed E-state index contributed by atoms with van der Waals surface area (Å²) in [7, 11) is 3.67. The molecule has 6 heteroatoms. The van der Waals surface area contributed by atoms with Crippen LogP contribution in [0.3, 0.4) is 0 Å². The van der Waals surface area contributed by atoms with Gasteiger partial charge in [-0.25, -0.2) is 4.98 Å². The van der Waals surface area contributed by atoms with Crippen molar-refractivity contribution in [2.45, 2.75) is 12.5 Å². The van der Waals surface area contributed by atoms with Crippen molar-refractivity contribution < 1.29 is 9.59 Å². The average molecular weight is 213 g/mol. The van der Waals surface area contributed by atoms with E-state index in [9.17, 15) is 9.59 Å². The number of hydrogen-bond donors (Lipinski definition) is 1. The van der Waals surface area contributed by atoms with Crippen LogP contribution in [0.5, 0.6) is 0 Å². The van der Waals surface area contributed by atoms with Crippen LogP contribution in [0.1, 0.15) is 5.69 Å². The number of aromatic nitrogens is 2. The number of H-pyrrole nitrogens is 1. The molecule has 1 rings (SSSR count). The smallest absolute Gasteiger partial charge is 0.210 e. The number of carbonyl (C=O) groups excluding carboxylic acids is 2. The number of nitrogens with zero attached hydrogens (tertiary/aromatic N) is 2. The van der Waals surface area contributed by atoms with Crippen molar-refractivity contribution >= 4 is 21.2 Å². The van der Waals surface area contributed by atoms with Gasteiger partial charge in [0.25, 0.3) is 0 Å². The number of carbonyl (C=O) groups is 2. The van der Waals surface area contributed by atoms with Gasteiger partial charge in [0, 0.05) is 25.4 Å². The molecule has 0 saturated carbocycles. The van der Waals surface area contributed by atoms with Crippen LogP contribution in [0.25, 0.3) is 0 Å². The molecule has 0 aliphatic rings. The monoisotopic (exact) mass is 213 g/mol. The number of imidazole rings is 1. The number of amides is 1. The maximum absolute atomic E-state index is 11.2. The first kappa shape index (κ1) is 10.9. The number of aromatic amines is 1. The fraction of sp³-hybridized carbons (Fsp3) is 0.375. The molecule has 1 aromatic rings. The highest BCUT2D eigenvalue weighted by atomic mass is 31.0. The molecule has 1 aromatic heterocycles. The molecule has 5 nitrogen and oxygen atoms in total. The molecule has 0 radical (unpaired) electrons. The van der Waals surface area contributed by atoms with Gasteiger partial charge < -0.3 is 9.88 Å². The van der Waals surface area contributed by atoms with Crippen LogP contribution < -0.4 is 0 Å². The van der Waals surface area contributed by atoms with Gasteiger partial charge in [0.1, 0.15) is 0 Å². The predicted octanol–water partition coefficient (Wildman–Crippen LogP) is -0.189. The van der Waals surface area contributed by atoms with E-state index in [2.05, 4.69) is 19.2 Å². The summed E-state index contributed by atoms with van der Waals surface area (Å²) in [6.45, 7) is 0. The van der Waals surface area contributed by atoms with Crippen LogP contribution in [0.4, 0.5) is 0 Å². The molecule has 1 heterocycles. The second-order valence-corrected chi connectivity index (χ2v) is 3.54. The highest BCUT2D eigenvalue weighted by molar-refractivity contribution is 7.40. The summed E-state index contributed by atoms with van der Waals surface area (Å²) in [5, 5.41) is 0. The lowest BCUT2D eigenvalue weighted by Gasteiger charge is -2.20. The zero-order chi connectivity index (χ0) is 10.6. The van der Waals surface area contributed by atoms with Gasteiger partial charge in [0.2, 0.25) is 6.41 Å². The Kier molecular flexibility index (Phi) is 3.77. The molecule has 0 aromatic carbocycles. The van der Waals surface area contributed by atoms with Crippen LogP contribution >= 0.6 is 9.24 Å². The van der Waals surface area contributed by atoms with Crippen molar-refractivity contribution in [2.75, 3.05) is 7.05 Å².